The summed E-state index contributed by atoms with van der Waals surface area (Å²) in [6, 6.07) is 15.9. The number of benzene rings is 3. The summed E-state index contributed by atoms with van der Waals surface area (Å²) in [5.41, 5.74) is 6.71. The van der Waals surface area contributed by atoms with Crippen LogP contribution in [0.4, 0.5) is 11.4 Å². The maximum Gasteiger partial charge on any atom is 0.128 e. The molecule has 3 aromatic carbocycles. The topological polar surface area (TPSA) is 65.2 Å². The Kier molecular flexibility index (Phi) is 8.55. The first-order chi connectivity index (χ1) is 17.6. The Morgan fingerprint density at radius 1 is 0.605 bits per heavy atom. The summed E-state index contributed by atoms with van der Waals surface area (Å²) in [4.78, 5) is 9.34. The largest absolute Gasteiger partial charge is 0.507 e. The van der Waals surface area contributed by atoms with E-state index in [-0.39, 0.29) is 22.3 Å². The van der Waals surface area contributed by atoms with E-state index in [0.717, 1.165) is 22.5 Å². The Labute approximate surface area is 229 Å². The van der Waals surface area contributed by atoms with Gasteiger partial charge in [0.1, 0.15) is 11.5 Å². The highest BCUT2D eigenvalue weighted by Gasteiger charge is 2.22. The Morgan fingerprint density at radius 3 is 1.29 bits per heavy atom. The summed E-state index contributed by atoms with van der Waals surface area (Å²) in [5, 5.41) is 22.0. The molecule has 202 valence electrons. The van der Waals surface area contributed by atoms with Crippen LogP contribution in [0, 0.1) is 0 Å². The van der Waals surface area contributed by atoms with E-state index in [1.54, 1.807) is 12.4 Å². The van der Waals surface area contributed by atoms with Crippen LogP contribution in [0.5, 0.6) is 11.5 Å². The molecule has 0 atom stereocenters. The van der Waals surface area contributed by atoms with Gasteiger partial charge in [0.25, 0.3) is 0 Å². The van der Waals surface area contributed by atoms with E-state index in [1.807, 2.05) is 36.4 Å². The molecule has 0 heterocycles. The van der Waals surface area contributed by atoms with Crippen molar-refractivity contribution in [2.24, 2.45) is 9.98 Å². The number of aromatic hydroxyl groups is 2. The van der Waals surface area contributed by atoms with E-state index in [4.69, 9.17) is 0 Å². The first-order valence-electron chi connectivity index (χ1n) is 13.5. The standard InChI is InChI=1S/C34H44N2O2/c1-21(2)23-14-25(31(37)29(16-23)33(5,6)7)19-35-27-12-11-13-28(18-27)36-20-26-15-24(22(3)4)17-30(32(26)38)34(8,9)10/h11-22,37-38H,1-10H3. The van der Waals surface area contributed by atoms with Crippen LogP contribution >= 0.6 is 0 Å². The minimum absolute atomic E-state index is 0.183. The van der Waals surface area contributed by atoms with Gasteiger partial charge in [-0.3, -0.25) is 9.98 Å². The van der Waals surface area contributed by atoms with Gasteiger partial charge >= 0.3 is 0 Å². The van der Waals surface area contributed by atoms with Crippen molar-refractivity contribution in [1.82, 2.24) is 0 Å². The molecule has 4 nitrogen and oxygen atoms in total. The lowest BCUT2D eigenvalue weighted by molar-refractivity contribution is 0.444. The molecular formula is C34H44N2O2. The maximum absolute atomic E-state index is 11.0. The average Bonchev–Trinajstić information content (AvgIpc) is 2.81. The Morgan fingerprint density at radius 2 is 0.974 bits per heavy atom. The first kappa shape index (κ1) is 29.2. The summed E-state index contributed by atoms with van der Waals surface area (Å²) < 4.78 is 0. The molecule has 2 N–H and O–H groups in total. The summed E-state index contributed by atoms with van der Waals surface area (Å²) in [6.07, 6.45) is 3.46. The summed E-state index contributed by atoms with van der Waals surface area (Å²) in [5.74, 6) is 1.22. The van der Waals surface area contributed by atoms with Gasteiger partial charge in [-0.25, -0.2) is 0 Å². The van der Waals surface area contributed by atoms with Gasteiger partial charge in [-0.15, -0.1) is 0 Å². The molecule has 0 saturated carbocycles. The molecule has 3 aromatic rings. The fourth-order valence-corrected chi connectivity index (χ4v) is 4.31. The van der Waals surface area contributed by atoms with Crippen molar-refractivity contribution in [1.29, 1.82) is 0 Å². The molecule has 0 aliphatic rings. The van der Waals surface area contributed by atoms with Crippen LogP contribution in [-0.4, -0.2) is 22.6 Å². The number of phenols is 2. The van der Waals surface area contributed by atoms with E-state index >= 15 is 0 Å². The predicted octanol–water partition coefficient (Wildman–Crippen LogP) is 9.44. The van der Waals surface area contributed by atoms with Crippen LogP contribution in [0.2, 0.25) is 0 Å². The molecule has 0 spiro atoms. The molecule has 38 heavy (non-hydrogen) atoms. The van der Waals surface area contributed by atoms with E-state index in [2.05, 4.69) is 91.4 Å². The third kappa shape index (κ3) is 6.92. The lowest BCUT2D eigenvalue weighted by atomic mass is 9.83. The summed E-state index contributed by atoms with van der Waals surface area (Å²) >= 11 is 0. The van der Waals surface area contributed by atoms with Gasteiger partial charge in [0.2, 0.25) is 0 Å². The highest BCUT2D eigenvalue weighted by atomic mass is 16.3. The van der Waals surface area contributed by atoms with Crippen molar-refractivity contribution >= 4 is 23.8 Å². The Bertz CT molecular complexity index is 1250. The highest BCUT2D eigenvalue weighted by molar-refractivity contribution is 5.88. The second-order valence-corrected chi connectivity index (χ2v) is 12.9. The van der Waals surface area contributed by atoms with E-state index in [1.165, 1.54) is 11.1 Å². The molecule has 0 aliphatic heterocycles. The molecule has 0 unspecified atom stereocenters. The highest BCUT2D eigenvalue weighted by Crippen LogP contribution is 2.37. The fraction of sp³-hybridized carbons (Fsp3) is 0.412. The van der Waals surface area contributed by atoms with Gasteiger partial charge < -0.3 is 10.2 Å². The lowest BCUT2D eigenvalue weighted by Crippen LogP contribution is -2.13. The second kappa shape index (κ2) is 11.1. The number of nitrogens with zero attached hydrogens (tertiary/aromatic N) is 2. The van der Waals surface area contributed by atoms with Crippen LogP contribution in [0.3, 0.4) is 0 Å². The molecule has 0 amide bonds. The molecule has 0 saturated heterocycles. The number of phenolic OH excluding ortho intramolecular Hbond substituents is 2. The molecule has 3 rings (SSSR count). The molecule has 0 radical (unpaired) electrons. The van der Waals surface area contributed by atoms with Crippen LogP contribution in [-0.2, 0) is 10.8 Å². The SMILES string of the molecule is CC(C)c1cc(C=Nc2cccc(N=Cc3cc(C(C)C)cc(C(C)(C)C)c3O)c2)c(O)c(C(C)(C)C)c1. The van der Waals surface area contributed by atoms with Crippen molar-refractivity contribution < 1.29 is 10.2 Å². The van der Waals surface area contributed by atoms with Gasteiger partial charge in [0.15, 0.2) is 0 Å². The third-order valence-corrected chi connectivity index (χ3v) is 6.81. The van der Waals surface area contributed by atoms with Gasteiger partial charge in [-0.2, -0.15) is 0 Å². The first-order valence-corrected chi connectivity index (χ1v) is 13.5. The summed E-state index contributed by atoms with van der Waals surface area (Å²) in [6.45, 7) is 21.2. The zero-order chi connectivity index (χ0) is 28.4. The quantitative estimate of drug-likeness (QED) is 0.323. The fourth-order valence-electron chi connectivity index (χ4n) is 4.31. The van der Waals surface area contributed by atoms with E-state index in [0.29, 0.717) is 23.0 Å². The predicted molar refractivity (Wildman–Crippen MR) is 163 cm³/mol. The number of hydrogen-bond acceptors (Lipinski definition) is 4. The number of hydrogen-bond donors (Lipinski definition) is 2. The summed E-state index contributed by atoms with van der Waals surface area (Å²) in [7, 11) is 0. The monoisotopic (exact) mass is 512 g/mol. The Balaban J connectivity index is 1.97. The van der Waals surface area contributed by atoms with Crippen LogP contribution in [0.15, 0.2) is 58.5 Å². The van der Waals surface area contributed by atoms with Crippen LogP contribution in [0.25, 0.3) is 0 Å². The molecule has 0 bridgehead atoms. The molecule has 4 heteroatoms. The van der Waals surface area contributed by atoms with Crippen molar-refractivity contribution in [3.05, 3.63) is 81.9 Å². The Hall–Kier alpha value is -3.40. The van der Waals surface area contributed by atoms with Gasteiger partial charge in [0.05, 0.1) is 11.4 Å². The minimum atomic E-state index is -0.183. The zero-order valence-electron chi connectivity index (χ0n) is 24.7. The maximum atomic E-state index is 11.0. The number of aliphatic imine (C=N–C) groups is 2. The van der Waals surface area contributed by atoms with E-state index in [9.17, 15) is 10.2 Å². The van der Waals surface area contributed by atoms with Crippen LogP contribution in [0.1, 0.15) is 114 Å². The third-order valence-electron chi connectivity index (χ3n) is 6.81. The molecule has 0 aliphatic carbocycles. The smallest absolute Gasteiger partial charge is 0.128 e. The number of rotatable bonds is 6. The van der Waals surface area contributed by atoms with Crippen LogP contribution < -0.4 is 0 Å². The second-order valence-electron chi connectivity index (χ2n) is 12.9. The normalized spacial score (nSPS) is 12.9. The lowest BCUT2D eigenvalue weighted by Gasteiger charge is -2.23. The average molecular weight is 513 g/mol. The molecule has 0 fully saturated rings. The van der Waals surface area contributed by atoms with E-state index < -0.39 is 0 Å². The zero-order valence-corrected chi connectivity index (χ0v) is 24.7. The van der Waals surface area contributed by atoms with Crippen molar-refractivity contribution in [3.63, 3.8) is 0 Å². The van der Waals surface area contributed by atoms with Gasteiger partial charge in [-0.1, -0.05) is 87.4 Å². The van der Waals surface area contributed by atoms with Gasteiger partial charge in [-0.05, 0) is 64.1 Å². The molecule has 0 aromatic heterocycles. The van der Waals surface area contributed by atoms with Crippen molar-refractivity contribution in [2.75, 3.05) is 0 Å². The molecular weight excluding hydrogens is 468 g/mol. The van der Waals surface area contributed by atoms with Crippen molar-refractivity contribution in [2.45, 2.75) is 91.9 Å². The minimum Gasteiger partial charge on any atom is -0.507 e. The van der Waals surface area contributed by atoms with Crippen molar-refractivity contribution in [3.8, 4) is 11.5 Å². The van der Waals surface area contributed by atoms with Gasteiger partial charge in [0, 0.05) is 34.7 Å².